The number of aliphatic hydroxyl groups excluding tert-OH is 2. The van der Waals surface area contributed by atoms with Crippen molar-refractivity contribution in [2.24, 2.45) is 11.5 Å². The Morgan fingerprint density at radius 2 is 1.60 bits per heavy atom. The van der Waals surface area contributed by atoms with Crippen LogP contribution in [0, 0.1) is 0 Å². The Kier molecular flexibility index (Phi) is 16.2. The molecule has 0 saturated heterocycles. The van der Waals surface area contributed by atoms with Gasteiger partial charge in [-0.1, -0.05) is 0 Å². The molecule has 0 atom stereocenters. The highest BCUT2D eigenvalue weighted by atomic mass is 16.5. The van der Waals surface area contributed by atoms with Crippen LogP contribution in [0.4, 0.5) is 0 Å². The summed E-state index contributed by atoms with van der Waals surface area (Å²) in [7, 11) is 0. The average Bonchev–Trinajstić information content (AvgIpc) is 2.37. The standard InChI is InChI=1S/C7H12N2O4.C4H10O3/c8-5(9)3-4-13-7(12)2-1-6(10)11;5-1-3-7-4-2-6/h1-2,5H,3-4,8-9H2,(H,10,11);5-6H,1-4H2/b2-1-;. The van der Waals surface area contributed by atoms with E-state index in [2.05, 4.69) is 9.47 Å². The lowest BCUT2D eigenvalue weighted by Crippen LogP contribution is -2.31. The van der Waals surface area contributed by atoms with E-state index < -0.39 is 18.1 Å². The first-order valence-corrected chi connectivity index (χ1v) is 5.82. The minimum atomic E-state index is -1.20. The molecule has 0 bridgehead atoms. The number of carboxylic acids is 1. The minimum absolute atomic E-state index is 0.0278. The van der Waals surface area contributed by atoms with Crippen LogP contribution >= 0.6 is 0 Å². The van der Waals surface area contributed by atoms with Crippen LogP contribution in [0.2, 0.25) is 0 Å². The van der Waals surface area contributed by atoms with Gasteiger partial charge < -0.3 is 36.3 Å². The fourth-order valence-electron chi connectivity index (χ4n) is 0.714. The van der Waals surface area contributed by atoms with E-state index >= 15 is 0 Å². The Hall–Kier alpha value is -1.52. The van der Waals surface area contributed by atoms with Crippen LogP contribution in [0.3, 0.4) is 0 Å². The topological polar surface area (TPSA) is 165 Å². The number of hydrogen-bond donors (Lipinski definition) is 5. The predicted molar refractivity (Wildman–Crippen MR) is 69.5 cm³/mol. The Bertz CT molecular complexity index is 278. The smallest absolute Gasteiger partial charge is 0.331 e. The summed E-state index contributed by atoms with van der Waals surface area (Å²) in [6.07, 6.45) is 1.33. The molecule has 0 unspecified atom stereocenters. The van der Waals surface area contributed by atoms with Crippen LogP contribution in [-0.4, -0.2) is 66.5 Å². The van der Waals surface area contributed by atoms with Crippen LogP contribution in [0.15, 0.2) is 12.2 Å². The van der Waals surface area contributed by atoms with Gasteiger partial charge in [0.15, 0.2) is 0 Å². The molecule has 0 rings (SSSR count). The highest BCUT2D eigenvalue weighted by Crippen LogP contribution is 1.86. The van der Waals surface area contributed by atoms with Gasteiger partial charge >= 0.3 is 11.9 Å². The maximum Gasteiger partial charge on any atom is 0.331 e. The second-order valence-electron chi connectivity index (χ2n) is 3.35. The van der Waals surface area contributed by atoms with Crippen LogP contribution in [0.1, 0.15) is 6.42 Å². The van der Waals surface area contributed by atoms with Crippen molar-refractivity contribution in [3.63, 3.8) is 0 Å². The second-order valence-corrected chi connectivity index (χ2v) is 3.35. The number of carbonyl (C=O) groups excluding carboxylic acids is 1. The Morgan fingerprint density at radius 1 is 1.05 bits per heavy atom. The van der Waals surface area contributed by atoms with Crippen LogP contribution in [0.5, 0.6) is 0 Å². The lowest BCUT2D eigenvalue weighted by molar-refractivity contribution is -0.138. The molecule has 0 heterocycles. The van der Waals surface area contributed by atoms with Gasteiger partial charge in [0, 0.05) is 18.6 Å². The molecule has 0 radical (unpaired) electrons. The van der Waals surface area contributed by atoms with Gasteiger partial charge in [-0.05, 0) is 0 Å². The molecule has 0 aromatic rings. The quantitative estimate of drug-likeness (QED) is 0.137. The van der Waals surface area contributed by atoms with Gasteiger partial charge in [-0.25, -0.2) is 9.59 Å². The van der Waals surface area contributed by atoms with E-state index in [0.717, 1.165) is 6.08 Å². The molecule has 0 aromatic heterocycles. The van der Waals surface area contributed by atoms with Crippen LogP contribution < -0.4 is 11.5 Å². The van der Waals surface area contributed by atoms with Crippen molar-refractivity contribution < 1.29 is 34.4 Å². The van der Waals surface area contributed by atoms with E-state index in [9.17, 15) is 9.59 Å². The monoisotopic (exact) mass is 294 g/mol. The normalized spacial score (nSPS) is 10.2. The summed E-state index contributed by atoms with van der Waals surface area (Å²) >= 11 is 0. The summed E-state index contributed by atoms with van der Waals surface area (Å²) in [5.74, 6) is -1.92. The molecule has 0 aliphatic heterocycles. The maximum absolute atomic E-state index is 10.7. The molecule has 7 N–H and O–H groups in total. The van der Waals surface area contributed by atoms with Crippen molar-refractivity contribution in [3.05, 3.63) is 12.2 Å². The highest BCUT2D eigenvalue weighted by Gasteiger charge is 1.99. The minimum Gasteiger partial charge on any atom is -0.478 e. The summed E-state index contributed by atoms with van der Waals surface area (Å²) in [5, 5.41) is 24.3. The summed E-state index contributed by atoms with van der Waals surface area (Å²) in [5.41, 5.74) is 10.4. The number of esters is 1. The van der Waals surface area contributed by atoms with Gasteiger partial charge in [-0.2, -0.15) is 0 Å². The molecule has 118 valence electrons. The van der Waals surface area contributed by atoms with Gasteiger partial charge in [-0.3, -0.25) is 0 Å². The zero-order valence-electron chi connectivity index (χ0n) is 11.1. The number of aliphatic carboxylic acids is 1. The first-order valence-electron chi connectivity index (χ1n) is 5.82. The Morgan fingerprint density at radius 3 is 2.00 bits per heavy atom. The third kappa shape index (κ3) is 21.7. The molecule has 20 heavy (non-hydrogen) atoms. The van der Waals surface area contributed by atoms with Crippen LogP contribution in [0.25, 0.3) is 0 Å². The van der Waals surface area contributed by atoms with Crippen LogP contribution in [-0.2, 0) is 19.1 Å². The van der Waals surface area contributed by atoms with E-state index in [1.165, 1.54) is 0 Å². The average molecular weight is 294 g/mol. The number of rotatable bonds is 9. The van der Waals surface area contributed by atoms with Crippen molar-refractivity contribution in [2.45, 2.75) is 12.6 Å². The lowest BCUT2D eigenvalue weighted by atomic mass is 10.4. The van der Waals surface area contributed by atoms with E-state index in [1.807, 2.05) is 0 Å². The largest absolute Gasteiger partial charge is 0.478 e. The molecule has 0 aromatic carbocycles. The van der Waals surface area contributed by atoms with E-state index in [-0.39, 0.29) is 19.8 Å². The molecule has 0 saturated carbocycles. The SMILES string of the molecule is NC(N)CCOC(=O)/C=C\C(=O)O.OCCOCCO. The van der Waals surface area contributed by atoms with Crippen molar-refractivity contribution in [2.75, 3.05) is 33.0 Å². The number of carbonyl (C=O) groups is 2. The fraction of sp³-hybridized carbons (Fsp3) is 0.636. The molecule has 0 aliphatic carbocycles. The summed E-state index contributed by atoms with van der Waals surface area (Å²) in [4.78, 5) is 20.6. The molecule has 0 fully saturated rings. The number of ether oxygens (including phenoxy) is 2. The van der Waals surface area contributed by atoms with E-state index in [4.69, 9.17) is 26.8 Å². The molecular weight excluding hydrogens is 272 g/mol. The first kappa shape index (κ1) is 20.8. The van der Waals surface area contributed by atoms with Gasteiger partial charge in [0.25, 0.3) is 0 Å². The predicted octanol–water partition coefficient (Wildman–Crippen LogP) is -2.21. The summed E-state index contributed by atoms with van der Waals surface area (Å²) in [6, 6.07) is 0. The second kappa shape index (κ2) is 15.5. The molecule has 0 aliphatic rings. The number of carboxylic acid groups (broad SMARTS) is 1. The van der Waals surface area contributed by atoms with Crippen molar-refractivity contribution in [1.82, 2.24) is 0 Å². The van der Waals surface area contributed by atoms with Crippen molar-refractivity contribution in [3.8, 4) is 0 Å². The zero-order valence-corrected chi connectivity index (χ0v) is 11.1. The highest BCUT2D eigenvalue weighted by molar-refractivity contribution is 5.90. The molecule has 0 amide bonds. The van der Waals surface area contributed by atoms with Gasteiger partial charge in [-0.15, -0.1) is 0 Å². The fourth-order valence-corrected chi connectivity index (χ4v) is 0.714. The Labute approximate surface area is 116 Å². The summed E-state index contributed by atoms with van der Waals surface area (Å²) < 4.78 is 9.19. The lowest BCUT2D eigenvalue weighted by Gasteiger charge is -2.04. The molecule has 9 nitrogen and oxygen atoms in total. The third-order valence-electron chi connectivity index (χ3n) is 1.53. The van der Waals surface area contributed by atoms with Gasteiger partial charge in [0.2, 0.25) is 0 Å². The number of nitrogens with two attached hydrogens (primary N) is 2. The van der Waals surface area contributed by atoms with Gasteiger partial charge in [0.05, 0.1) is 39.2 Å². The third-order valence-corrected chi connectivity index (χ3v) is 1.53. The summed E-state index contributed by atoms with van der Waals surface area (Å²) in [6.45, 7) is 0.779. The van der Waals surface area contributed by atoms with Gasteiger partial charge in [0.1, 0.15) is 0 Å². The molecular formula is C11H22N2O7. The van der Waals surface area contributed by atoms with E-state index in [1.54, 1.807) is 0 Å². The zero-order chi connectivity index (χ0) is 15.8. The van der Waals surface area contributed by atoms with Crippen molar-refractivity contribution >= 4 is 11.9 Å². The van der Waals surface area contributed by atoms with E-state index in [0.29, 0.717) is 25.7 Å². The first-order chi connectivity index (χ1) is 9.43. The number of hydrogen-bond acceptors (Lipinski definition) is 8. The number of aliphatic hydroxyl groups is 2. The Balaban J connectivity index is 0. The maximum atomic E-state index is 10.7. The van der Waals surface area contributed by atoms with Crippen molar-refractivity contribution in [1.29, 1.82) is 0 Å². The molecule has 9 heteroatoms. The molecule has 0 spiro atoms.